The predicted octanol–water partition coefficient (Wildman–Crippen LogP) is 5.82. The lowest BCUT2D eigenvalue weighted by atomic mass is 10.0. The molecule has 122 valence electrons. The highest BCUT2D eigenvalue weighted by atomic mass is 14.9. The van der Waals surface area contributed by atoms with Crippen LogP contribution in [0.2, 0.25) is 0 Å². The molecular weight excluding hydrogens is 292 g/mol. The van der Waals surface area contributed by atoms with Gasteiger partial charge in [0.15, 0.2) is 0 Å². The van der Waals surface area contributed by atoms with Crippen molar-refractivity contribution in [2.24, 2.45) is 0 Å². The van der Waals surface area contributed by atoms with Crippen LogP contribution in [-0.2, 0) is 6.42 Å². The Labute approximate surface area is 143 Å². The zero-order chi connectivity index (χ0) is 16.4. The van der Waals surface area contributed by atoms with Crippen LogP contribution in [0.25, 0.3) is 22.2 Å². The van der Waals surface area contributed by atoms with Crippen LogP contribution in [0.4, 0.5) is 5.69 Å². The molecule has 0 radical (unpaired) electrons. The molecular formula is C22H24N2. The van der Waals surface area contributed by atoms with Crippen molar-refractivity contribution in [3.63, 3.8) is 0 Å². The van der Waals surface area contributed by atoms with E-state index in [1.54, 1.807) is 0 Å². The van der Waals surface area contributed by atoms with Crippen molar-refractivity contribution < 1.29 is 0 Å². The molecule has 0 bridgehead atoms. The third kappa shape index (κ3) is 3.01. The zero-order valence-corrected chi connectivity index (χ0v) is 14.3. The third-order valence-electron chi connectivity index (χ3n) is 5.09. The Morgan fingerprint density at radius 1 is 1.00 bits per heavy atom. The molecule has 1 N–H and O–H groups in total. The highest BCUT2D eigenvalue weighted by molar-refractivity contribution is 5.93. The SMILES string of the molecule is CCc1ccc(-c2cc(NC3CCCC3)c3ccccc3n2)cc1. The molecule has 0 saturated heterocycles. The van der Waals surface area contributed by atoms with E-state index in [9.17, 15) is 0 Å². The predicted molar refractivity (Wildman–Crippen MR) is 102 cm³/mol. The van der Waals surface area contributed by atoms with Crippen molar-refractivity contribution in [1.29, 1.82) is 0 Å². The number of hydrogen-bond donors (Lipinski definition) is 1. The van der Waals surface area contributed by atoms with E-state index in [1.165, 1.54) is 47.9 Å². The van der Waals surface area contributed by atoms with Gasteiger partial charge in [0.2, 0.25) is 0 Å². The third-order valence-corrected chi connectivity index (χ3v) is 5.09. The molecule has 1 aromatic heterocycles. The lowest BCUT2D eigenvalue weighted by molar-refractivity contribution is 0.756. The lowest BCUT2D eigenvalue weighted by Gasteiger charge is -2.17. The van der Waals surface area contributed by atoms with E-state index in [2.05, 4.69) is 66.8 Å². The topological polar surface area (TPSA) is 24.9 Å². The summed E-state index contributed by atoms with van der Waals surface area (Å²) in [5.74, 6) is 0. The largest absolute Gasteiger partial charge is 0.382 e. The van der Waals surface area contributed by atoms with Gasteiger partial charge >= 0.3 is 0 Å². The van der Waals surface area contributed by atoms with E-state index < -0.39 is 0 Å². The van der Waals surface area contributed by atoms with Gasteiger partial charge in [-0.3, -0.25) is 0 Å². The van der Waals surface area contributed by atoms with Crippen LogP contribution in [0.1, 0.15) is 38.2 Å². The fraction of sp³-hybridized carbons (Fsp3) is 0.318. The van der Waals surface area contributed by atoms with Gasteiger partial charge in [0, 0.05) is 22.7 Å². The molecule has 2 nitrogen and oxygen atoms in total. The van der Waals surface area contributed by atoms with Crippen molar-refractivity contribution in [3.05, 3.63) is 60.2 Å². The summed E-state index contributed by atoms with van der Waals surface area (Å²) in [6, 6.07) is 20.1. The maximum Gasteiger partial charge on any atom is 0.0730 e. The minimum atomic E-state index is 0.603. The number of fused-ring (bicyclic) bond motifs is 1. The number of aromatic nitrogens is 1. The lowest BCUT2D eigenvalue weighted by Crippen LogP contribution is -2.14. The molecule has 0 unspecified atom stereocenters. The number of pyridine rings is 1. The minimum Gasteiger partial charge on any atom is -0.382 e. The van der Waals surface area contributed by atoms with Gasteiger partial charge in [0.05, 0.1) is 11.2 Å². The standard InChI is InChI=1S/C22H24N2/c1-2-16-11-13-17(14-12-16)21-15-22(23-18-7-3-4-8-18)19-9-5-6-10-20(19)24-21/h5-6,9-15,18H,2-4,7-8H2,1H3,(H,23,24). The fourth-order valence-corrected chi connectivity index (χ4v) is 3.64. The molecule has 2 aromatic carbocycles. The van der Waals surface area contributed by atoms with Gasteiger partial charge in [-0.15, -0.1) is 0 Å². The number of aryl methyl sites for hydroxylation is 1. The molecule has 0 amide bonds. The Balaban J connectivity index is 1.77. The van der Waals surface area contributed by atoms with E-state index in [0.29, 0.717) is 6.04 Å². The quantitative estimate of drug-likeness (QED) is 0.656. The van der Waals surface area contributed by atoms with Gasteiger partial charge in [0.25, 0.3) is 0 Å². The van der Waals surface area contributed by atoms with Gasteiger partial charge in [-0.25, -0.2) is 4.98 Å². The molecule has 4 rings (SSSR count). The molecule has 0 aliphatic heterocycles. The molecule has 2 heteroatoms. The molecule has 1 aliphatic carbocycles. The molecule has 0 spiro atoms. The van der Waals surface area contributed by atoms with Crippen LogP contribution in [0, 0.1) is 0 Å². The minimum absolute atomic E-state index is 0.603. The highest BCUT2D eigenvalue weighted by Crippen LogP contribution is 2.31. The average molecular weight is 316 g/mol. The normalized spacial score (nSPS) is 15.0. The Bertz CT molecular complexity index is 830. The fourth-order valence-electron chi connectivity index (χ4n) is 3.64. The molecule has 3 aromatic rings. The van der Waals surface area contributed by atoms with Crippen molar-refractivity contribution in [2.75, 3.05) is 5.32 Å². The van der Waals surface area contributed by atoms with Crippen LogP contribution in [0.15, 0.2) is 54.6 Å². The van der Waals surface area contributed by atoms with Crippen molar-refractivity contribution >= 4 is 16.6 Å². The van der Waals surface area contributed by atoms with Gasteiger partial charge < -0.3 is 5.32 Å². The molecule has 0 atom stereocenters. The van der Waals surface area contributed by atoms with E-state index in [4.69, 9.17) is 4.98 Å². The summed E-state index contributed by atoms with van der Waals surface area (Å²) in [5.41, 5.74) is 5.89. The number of rotatable bonds is 4. The Hall–Kier alpha value is -2.35. The summed E-state index contributed by atoms with van der Waals surface area (Å²) in [7, 11) is 0. The van der Waals surface area contributed by atoms with E-state index in [-0.39, 0.29) is 0 Å². The first kappa shape index (κ1) is 15.2. The number of nitrogens with zero attached hydrogens (tertiary/aromatic N) is 1. The van der Waals surface area contributed by atoms with Gasteiger partial charge in [-0.05, 0) is 37.0 Å². The van der Waals surface area contributed by atoms with Gasteiger partial charge in [0.1, 0.15) is 0 Å². The second-order valence-corrected chi connectivity index (χ2v) is 6.75. The maximum atomic E-state index is 4.90. The second-order valence-electron chi connectivity index (χ2n) is 6.75. The van der Waals surface area contributed by atoms with Gasteiger partial charge in [-0.2, -0.15) is 0 Å². The van der Waals surface area contributed by atoms with Crippen molar-refractivity contribution in [1.82, 2.24) is 4.98 Å². The van der Waals surface area contributed by atoms with E-state index in [1.807, 2.05) is 0 Å². The van der Waals surface area contributed by atoms with Crippen LogP contribution in [-0.4, -0.2) is 11.0 Å². The molecule has 1 heterocycles. The molecule has 1 saturated carbocycles. The van der Waals surface area contributed by atoms with Crippen LogP contribution in [0.5, 0.6) is 0 Å². The number of benzene rings is 2. The first-order valence-electron chi connectivity index (χ1n) is 9.09. The number of anilines is 1. The average Bonchev–Trinajstić information content (AvgIpc) is 3.15. The maximum absolute atomic E-state index is 4.90. The smallest absolute Gasteiger partial charge is 0.0730 e. The Kier molecular flexibility index (Phi) is 4.20. The molecule has 1 fully saturated rings. The summed E-state index contributed by atoms with van der Waals surface area (Å²) in [5, 5.41) is 5.00. The Morgan fingerprint density at radius 3 is 2.50 bits per heavy atom. The summed E-state index contributed by atoms with van der Waals surface area (Å²) in [6.45, 7) is 2.19. The first-order chi connectivity index (χ1) is 11.8. The zero-order valence-electron chi connectivity index (χ0n) is 14.3. The van der Waals surface area contributed by atoms with E-state index >= 15 is 0 Å². The van der Waals surface area contributed by atoms with Gasteiger partial charge in [-0.1, -0.05) is 62.2 Å². The summed E-state index contributed by atoms with van der Waals surface area (Å²) in [6.07, 6.45) is 6.30. The summed E-state index contributed by atoms with van der Waals surface area (Å²) in [4.78, 5) is 4.90. The highest BCUT2D eigenvalue weighted by Gasteiger charge is 2.16. The second kappa shape index (κ2) is 6.64. The van der Waals surface area contributed by atoms with Crippen molar-refractivity contribution in [3.8, 4) is 11.3 Å². The number of para-hydroxylation sites is 1. The monoisotopic (exact) mass is 316 g/mol. The van der Waals surface area contributed by atoms with Crippen LogP contribution >= 0.6 is 0 Å². The van der Waals surface area contributed by atoms with Crippen LogP contribution < -0.4 is 5.32 Å². The summed E-state index contributed by atoms with van der Waals surface area (Å²) < 4.78 is 0. The number of hydrogen-bond acceptors (Lipinski definition) is 2. The Morgan fingerprint density at radius 2 is 1.75 bits per heavy atom. The number of nitrogens with one attached hydrogen (secondary N) is 1. The summed E-state index contributed by atoms with van der Waals surface area (Å²) >= 11 is 0. The first-order valence-corrected chi connectivity index (χ1v) is 9.09. The van der Waals surface area contributed by atoms with Crippen molar-refractivity contribution in [2.45, 2.75) is 45.1 Å². The van der Waals surface area contributed by atoms with E-state index in [0.717, 1.165) is 17.6 Å². The molecule has 1 aliphatic rings. The van der Waals surface area contributed by atoms with Crippen LogP contribution in [0.3, 0.4) is 0 Å². The molecule has 24 heavy (non-hydrogen) atoms.